The maximum atomic E-state index is 10.4. The maximum Gasteiger partial charge on any atom is 0.187 e. The number of halogens is 1. The molecule has 0 radical (unpaired) electrons. The lowest BCUT2D eigenvalue weighted by Crippen LogP contribution is -2.43. The van der Waals surface area contributed by atoms with E-state index in [0.29, 0.717) is 41.4 Å². The number of hydrogen-bond acceptors (Lipinski definition) is 6. The molecule has 158 valence electrons. The summed E-state index contributed by atoms with van der Waals surface area (Å²) in [6.45, 7) is 9.78. The van der Waals surface area contributed by atoms with Crippen LogP contribution in [0.3, 0.4) is 0 Å². The summed E-state index contributed by atoms with van der Waals surface area (Å²) in [5.74, 6) is 0.427. The van der Waals surface area contributed by atoms with E-state index in [1.807, 2.05) is 20.8 Å². The number of aromatic hydroxyl groups is 1. The summed E-state index contributed by atoms with van der Waals surface area (Å²) in [5, 5.41) is 32.2. The van der Waals surface area contributed by atoms with E-state index in [9.17, 15) is 10.2 Å². The molecule has 0 unspecified atom stereocenters. The van der Waals surface area contributed by atoms with E-state index in [-0.39, 0.29) is 16.5 Å². The molecule has 0 amide bonds. The number of aliphatic hydroxyl groups is 1. The van der Waals surface area contributed by atoms with Crippen LogP contribution in [0.15, 0.2) is 30.3 Å². The molecule has 0 saturated carbocycles. The lowest BCUT2D eigenvalue weighted by molar-refractivity contribution is -0.0270. The minimum atomic E-state index is -0.881. The fourth-order valence-electron chi connectivity index (χ4n) is 2.49. The Hall–Kier alpha value is -2.44. The Labute approximate surface area is 177 Å². The predicted molar refractivity (Wildman–Crippen MR) is 120 cm³/mol. The highest BCUT2D eigenvalue weighted by atomic mass is 35.5. The number of phenolic OH excluding ortho intramolecular Hbond substituents is 1. The van der Waals surface area contributed by atoms with Gasteiger partial charge in [-0.25, -0.2) is 0 Å². The molecule has 0 aliphatic rings. The number of hydrogen-bond donors (Lipinski definition) is 5. The lowest BCUT2D eigenvalue weighted by Gasteiger charge is -2.37. The summed E-state index contributed by atoms with van der Waals surface area (Å²) in [7, 11) is 0. The van der Waals surface area contributed by atoms with Gasteiger partial charge in [-0.1, -0.05) is 32.4 Å². The molecule has 2 aromatic carbocycles. The summed E-state index contributed by atoms with van der Waals surface area (Å²) in [4.78, 5) is 0. The van der Waals surface area contributed by atoms with Gasteiger partial charge in [0, 0.05) is 40.7 Å². The highest BCUT2D eigenvalue weighted by Crippen LogP contribution is 2.41. The molecule has 2 rings (SSSR count). The van der Waals surface area contributed by atoms with Crippen LogP contribution in [0.5, 0.6) is 17.2 Å². The van der Waals surface area contributed by atoms with Crippen LogP contribution in [0.25, 0.3) is 0 Å². The molecule has 2 aromatic rings. The smallest absolute Gasteiger partial charge is 0.187 e. The number of nitrogens with one attached hydrogen (secondary N) is 2. The molecule has 29 heavy (non-hydrogen) atoms. The maximum absolute atomic E-state index is 10.4. The number of nitrogens with two attached hydrogens (primary N) is 1. The average molecular weight is 420 g/mol. The third-order valence-corrected chi connectivity index (χ3v) is 5.62. The predicted octanol–water partition coefficient (Wildman–Crippen LogP) is 5.41. The minimum Gasteiger partial charge on any atom is -0.504 e. The molecule has 0 bridgehead atoms. The number of rotatable bonds is 8. The normalized spacial score (nSPS) is 12.0. The van der Waals surface area contributed by atoms with E-state index < -0.39 is 11.0 Å². The molecular formula is C22H30ClN3O3. The molecule has 0 aliphatic carbocycles. The monoisotopic (exact) mass is 419 g/mol. The van der Waals surface area contributed by atoms with Crippen molar-refractivity contribution in [3.63, 3.8) is 0 Å². The van der Waals surface area contributed by atoms with Crippen molar-refractivity contribution in [3.8, 4) is 17.2 Å². The molecular weight excluding hydrogens is 390 g/mol. The summed E-state index contributed by atoms with van der Waals surface area (Å²) in [5.41, 5.74) is 6.75. The van der Waals surface area contributed by atoms with Crippen LogP contribution >= 0.6 is 11.6 Å². The van der Waals surface area contributed by atoms with Crippen LogP contribution in [0.4, 0.5) is 11.4 Å². The van der Waals surface area contributed by atoms with Gasteiger partial charge in [0.05, 0.1) is 10.6 Å². The second-order valence-corrected chi connectivity index (χ2v) is 8.69. The van der Waals surface area contributed by atoms with Gasteiger partial charge in [0.1, 0.15) is 5.75 Å². The largest absolute Gasteiger partial charge is 0.504 e. The second kappa shape index (κ2) is 8.51. The first kappa shape index (κ1) is 22.8. The van der Waals surface area contributed by atoms with Crippen LogP contribution < -0.4 is 15.8 Å². The van der Waals surface area contributed by atoms with Gasteiger partial charge in [0.15, 0.2) is 11.5 Å². The molecule has 0 spiro atoms. The van der Waals surface area contributed by atoms with Crippen LogP contribution in [0, 0.1) is 10.8 Å². The quantitative estimate of drug-likeness (QED) is 0.290. The number of anilines is 2. The van der Waals surface area contributed by atoms with E-state index in [2.05, 4.69) is 5.32 Å². The summed E-state index contributed by atoms with van der Waals surface area (Å²) < 4.78 is 5.78. The van der Waals surface area contributed by atoms with Crippen molar-refractivity contribution in [1.29, 1.82) is 5.41 Å². The first-order valence-corrected chi connectivity index (χ1v) is 9.87. The van der Waals surface area contributed by atoms with Crippen molar-refractivity contribution in [2.24, 2.45) is 5.41 Å². The summed E-state index contributed by atoms with van der Waals surface area (Å²) in [6, 6.07) is 8.16. The average Bonchev–Trinajstić information content (AvgIpc) is 2.62. The molecule has 0 atom stereocenters. The topological polar surface area (TPSA) is 112 Å². The SMILES string of the molecule is CCC(=N)c1cc(Oc2c(O)cc(NCC(C)(C)C(C)(C)O)cc2Cl)ccc1N. The van der Waals surface area contributed by atoms with Crippen LogP contribution in [-0.4, -0.2) is 28.1 Å². The summed E-state index contributed by atoms with van der Waals surface area (Å²) in [6.07, 6.45) is 0.543. The Balaban J connectivity index is 2.23. The third kappa shape index (κ3) is 5.34. The third-order valence-electron chi connectivity index (χ3n) is 5.34. The lowest BCUT2D eigenvalue weighted by atomic mass is 9.77. The Bertz CT molecular complexity index is 882. The Morgan fingerprint density at radius 3 is 2.41 bits per heavy atom. The zero-order valence-electron chi connectivity index (χ0n) is 17.6. The number of benzene rings is 2. The van der Waals surface area contributed by atoms with Crippen molar-refractivity contribution in [3.05, 3.63) is 40.9 Å². The molecule has 0 fully saturated rings. The molecule has 7 heteroatoms. The Morgan fingerprint density at radius 2 is 1.86 bits per heavy atom. The van der Waals surface area contributed by atoms with Crippen molar-refractivity contribution >= 4 is 28.7 Å². The highest BCUT2D eigenvalue weighted by Gasteiger charge is 2.34. The van der Waals surface area contributed by atoms with E-state index in [0.717, 1.165) is 0 Å². The van der Waals surface area contributed by atoms with E-state index in [1.165, 1.54) is 6.07 Å². The minimum absolute atomic E-state index is 0.120. The van der Waals surface area contributed by atoms with Crippen molar-refractivity contribution in [2.45, 2.75) is 46.6 Å². The molecule has 0 saturated heterocycles. The van der Waals surface area contributed by atoms with Crippen molar-refractivity contribution in [1.82, 2.24) is 0 Å². The Morgan fingerprint density at radius 1 is 1.21 bits per heavy atom. The van der Waals surface area contributed by atoms with Gasteiger partial charge in [-0.3, -0.25) is 0 Å². The molecule has 6 N–H and O–H groups in total. The molecule has 6 nitrogen and oxygen atoms in total. The number of nitrogen functional groups attached to an aromatic ring is 1. The van der Waals surface area contributed by atoms with Gasteiger partial charge in [-0.2, -0.15) is 0 Å². The molecule has 0 aliphatic heterocycles. The zero-order chi connectivity index (χ0) is 22.0. The first-order valence-electron chi connectivity index (χ1n) is 9.49. The van der Waals surface area contributed by atoms with E-state index in [4.69, 9.17) is 27.5 Å². The van der Waals surface area contributed by atoms with Gasteiger partial charge >= 0.3 is 0 Å². The van der Waals surface area contributed by atoms with E-state index in [1.54, 1.807) is 38.1 Å². The van der Waals surface area contributed by atoms with Crippen molar-refractivity contribution < 1.29 is 14.9 Å². The van der Waals surface area contributed by atoms with Crippen LogP contribution in [0.2, 0.25) is 5.02 Å². The number of ether oxygens (including phenoxy) is 1. The fraction of sp³-hybridized carbons (Fsp3) is 0.409. The van der Waals surface area contributed by atoms with Crippen molar-refractivity contribution in [2.75, 3.05) is 17.6 Å². The van der Waals surface area contributed by atoms with Crippen LogP contribution in [-0.2, 0) is 0 Å². The molecule has 0 heterocycles. The zero-order valence-corrected chi connectivity index (χ0v) is 18.3. The van der Waals surface area contributed by atoms with E-state index >= 15 is 0 Å². The second-order valence-electron chi connectivity index (χ2n) is 8.29. The van der Waals surface area contributed by atoms with Gasteiger partial charge in [0.2, 0.25) is 0 Å². The number of phenols is 1. The Kier molecular flexibility index (Phi) is 6.71. The van der Waals surface area contributed by atoms with Gasteiger partial charge < -0.3 is 31.4 Å². The van der Waals surface area contributed by atoms with Gasteiger partial charge in [-0.15, -0.1) is 0 Å². The molecule has 0 aromatic heterocycles. The standard InChI is InChI=1S/C22H30ClN3O3/c1-6-17(24)15-11-14(7-8-18(15)25)29-20-16(23)9-13(10-19(20)27)26-12-21(2,3)22(4,5)28/h7-11,24,26-28H,6,12,25H2,1-5H3. The fourth-order valence-corrected chi connectivity index (χ4v) is 2.74. The summed E-state index contributed by atoms with van der Waals surface area (Å²) >= 11 is 6.34. The van der Waals surface area contributed by atoms with Gasteiger partial charge in [-0.05, 0) is 44.5 Å². The van der Waals surface area contributed by atoms with Crippen LogP contribution in [0.1, 0.15) is 46.6 Å². The van der Waals surface area contributed by atoms with Gasteiger partial charge in [0.25, 0.3) is 0 Å². The first-order chi connectivity index (χ1) is 13.4. The highest BCUT2D eigenvalue weighted by molar-refractivity contribution is 6.32.